The van der Waals surface area contributed by atoms with Crippen LogP contribution in [0.5, 0.6) is 0 Å². The van der Waals surface area contributed by atoms with Crippen molar-refractivity contribution in [2.75, 3.05) is 22.1 Å². The first kappa shape index (κ1) is 20.7. The second-order valence-corrected chi connectivity index (χ2v) is 9.99. The summed E-state index contributed by atoms with van der Waals surface area (Å²) in [4.78, 5) is 24.8. The Bertz CT molecular complexity index is 1040. The highest BCUT2D eigenvalue weighted by molar-refractivity contribution is 7.99. The Labute approximate surface area is 173 Å². The lowest BCUT2D eigenvalue weighted by Gasteiger charge is -2.11. The van der Waals surface area contributed by atoms with Gasteiger partial charge in [-0.1, -0.05) is 17.7 Å². The molecule has 3 rings (SSSR count). The van der Waals surface area contributed by atoms with E-state index in [0.717, 1.165) is 10.5 Å². The van der Waals surface area contributed by atoms with Gasteiger partial charge in [0.2, 0.25) is 11.8 Å². The zero-order valence-corrected chi connectivity index (χ0v) is 17.5. The van der Waals surface area contributed by atoms with Gasteiger partial charge in [-0.05, 0) is 42.8 Å². The van der Waals surface area contributed by atoms with Crippen LogP contribution in [-0.4, -0.2) is 31.7 Å². The van der Waals surface area contributed by atoms with Gasteiger partial charge in [-0.15, -0.1) is 11.8 Å². The molecule has 1 aliphatic heterocycles. The second kappa shape index (κ2) is 8.55. The lowest BCUT2D eigenvalue weighted by atomic mass is 10.2. The normalized spacial score (nSPS) is 14.0. The highest BCUT2D eigenvalue weighted by atomic mass is 35.5. The molecule has 148 valence electrons. The number of carbonyl (C=O) groups excluding carboxylic acids is 2. The van der Waals surface area contributed by atoms with Crippen molar-refractivity contribution in [1.29, 1.82) is 0 Å². The van der Waals surface area contributed by atoms with Gasteiger partial charge < -0.3 is 10.6 Å². The minimum absolute atomic E-state index is 0.0841. The summed E-state index contributed by atoms with van der Waals surface area (Å²) in [6.45, 7) is 1.77. The van der Waals surface area contributed by atoms with Gasteiger partial charge in [-0.3, -0.25) is 9.59 Å². The first-order valence-electron chi connectivity index (χ1n) is 8.61. The molecular formula is C19H19ClN2O4S2. The number of anilines is 2. The Morgan fingerprint density at radius 2 is 2.07 bits per heavy atom. The van der Waals surface area contributed by atoms with Crippen LogP contribution in [0.3, 0.4) is 0 Å². The van der Waals surface area contributed by atoms with Crippen molar-refractivity contribution < 1.29 is 18.0 Å². The molecule has 1 aliphatic rings. The number of sulfone groups is 1. The molecule has 0 radical (unpaired) electrons. The highest BCUT2D eigenvalue weighted by Crippen LogP contribution is 2.33. The zero-order valence-electron chi connectivity index (χ0n) is 15.1. The van der Waals surface area contributed by atoms with Gasteiger partial charge >= 0.3 is 0 Å². The van der Waals surface area contributed by atoms with E-state index in [0.29, 0.717) is 28.6 Å². The molecule has 6 nitrogen and oxygen atoms in total. The summed E-state index contributed by atoms with van der Waals surface area (Å²) >= 11 is 7.53. The number of hydrogen-bond donors (Lipinski definition) is 2. The SMILES string of the molecule is Cc1c(Cl)cccc1NC(=O)CCS(=O)(=O)c1ccc2c(c1)NC(=O)CCS2. The molecule has 2 aromatic carbocycles. The van der Waals surface area contributed by atoms with E-state index in [4.69, 9.17) is 11.6 Å². The molecule has 2 amide bonds. The Hall–Kier alpha value is -2.03. The zero-order chi connectivity index (χ0) is 20.3. The number of thioether (sulfide) groups is 1. The number of hydrogen-bond acceptors (Lipinski definition) is 5. The Morgan fingerprint density at radius 3 is 2.86 bits per heavy atom. The third kappa shape index (κ3) is 4.87. The van der Waals surface area contributed by atoms with Crippen LogP contribution in [-0.2, 0) is 19.4 Å². The molecule has 0 aliphatic carbocycles. The maximum absolute atomic E-state index is 12.6. The van der Waals surface area contributed by atoms with Gasteiger partial charge in [0.25, 0.3) is 0 Å². The number of fused-ring (bicyclic) bond motifs is 1. The maximum Gasteiger partial charge on any atom is 0.225 e. The number of nitrogens with one attached hydrogen (secondary N) is 2. The van der Waals surface area contributed by atoms with Crippen LogP contribution in [0, 0.1) is 6.92 Å². The first-order chi connectivity index (χ1) is 13.3. The highest BCUT2D eigenvalue weighted by Gasteiger charge is 2.21. The number of rotatable bonds is 5. The summed E-state index contributed by atoms with van der Waals surface area (Å²) in [6.07, 6.45) is 0.191. The number of carbonyl (C=O) groups is 2. The summed E-state index contributed by atoms with van der Waals surface area (Å²) < 4.78 is 25.3. The second-order valence-electron chi connectivity index (χ2n) is 6.33. The quantitative estimate of drug-likeness (QED) is 0.738. The molecule has 1 heterocycles. The smallest absolute Gasteiger partial charge is 0.225 e. The van der Waals surface area contributed by atoms with Crippen LogP contribution in [0.4, 0.5) is 11.4 Å². The minimum atomic E-state index is -3.68. The summed E-state index contributed by atoms with van der Waals surface area (Å²) in [7, 11) is -3.68. The molecule has 0 unspecified atom stereocenters. The van der Waals surface area contributed by atoms with Gasteiger partial charge in [-0.2, -0.15) is 0 Å². The van der Waals surface area contributed by atoms with Crippen molar-refractivity contribution in [1.82, 2.24) is 0 Å². The summed E-state index contributed by atoms with van der Waals surface area (Å²) in [5.74, 6) is -0.239. The van der Waals surface area contributed by atoms with Crippen molar-refractivity contribution in [3.63, 3.8) is 0 Å². The van der Waals surface area contributed by atoms with Crippen LogP contribution < -0.4 is 10.6 Å². The van der Waals surface area contributed by atoms with E-state index in [1.165, 1.54) is 23.9 Å². The predicted molar refractivity (Wildman–Crippen MR) is 112 cm³/mol. The van der Waals surface area contributed by atoms with Gasteiger partial charge in [0.05, 0.1) is 16.3 Å². The first-order valence-corrected chi connectivity index (χ1v) is 11.6. The van der Waals surface area contributed by atoms with Gasteiger partial charge in [0, 0.05) is 34.2 Å². The Balaban J connectivity index is 1.69. The summed E-state index contributed by atoms with van der Waals surface area (Å²) in [5.41, 5.74) is 1.77. The van der Waals surface area contributed by atoms with E-state index in [2.05, 4.69) is 10.6 Å². The predicted octanol–water partition coefficient (Wildman–Crippen LogP) is 3.89. The molecule has 0 saturated heterocycles. The molecular weight excluding hydrogens is 420 g/mol. The third-order valence-electron chi connectivity index (χ3n) is 4.31. The Kier molecular flexibility index (Phi) is 6.32. The maximum atomic E-state index is 12.6. The van der Waals surface area contributed by atoms with Crippen LogP contribution in [0.2, 0.25) is 5.02 Å². The van der Waals surface area contributed by atoms with Crippen molar-refractivity contribution >= 4 is 56.4 Å². The topological polar surface area (TPSA) is 92.3 Å². The van der Waals surface area contributed by atoms with E-state index < -0.39 is 15.7 Å². The monoisotopic (exact) mass is 438 g/mol. The van der Waals surface area contributed by atoms with E-state index in [9.17, 15) is 18.0 Å². The molecule has 0 aromatic heterocycles. The molecule has 9 heteroatoms. The van der Waals surface area contributed by atoms with E-state index in [1.54, 1.807) is 31.2 Å². The number of benzene rings is 2. The summed E-state index contributed by atoms with van der Waals surface area (Å²) in [5, 5.41) is 5.94. The van der Waals surface area contributed by atoms with Gasteiger partial charge in [-0.25, -0.2) is 8.42 Å². The number of halogens is 1. The van der Waals surface area contributed by atoms with Gasteiger partial charge in [0.1, 0.15) is 0 Å². The van der Waals surface area contributed by atoms with Crippen molar-refractivity contribution in [3.05, 3.63) is 47.0 Å². The fraction of sp³-hybridized carbons (Fsp3) is 0.263. The molecule has 0 fully saturated rings. The van der Waals surface area contributed by atoms with E-state index in [-0.39, 0.29) is 23.0 Å². The average Bonchev–Trinajstić information content (AvgIpc) is 2.83. The average molecular weight is 439 g/mol. The van der Waals surface area contributed by atoms with Crippen molar-refractivity contribution in [2.24, 2.45) is 0 Å². The molecule has 0 saturated carbocycles. The van der Waals surface area contributed by atoms with Crippen molar-refractivity contribution in [2.45, 2.75) is 29.6 Å². The summed E-state index contributed by atoms with van der Waals surface area (Å²) in [6, 6.07) is 9.79. The molecule has 0 atom stereocenters. The fourth-order valence-electron chi connectivity index (χ4n) is 2.69. The molecule has 28 heavy (non-hydrogen) atoms. The van der Waals surface area contributed by atoms with Crippen LogP contribution >= 0.6 is 23.4 Å². The number of amides is 2. The fourth-order valence-corrected chi connectivity index (χ4v) is 5.07. The van der Waals surface area contributed by atoms with Gasteiger partial charge in [0.15, 0.2) is 9.84 Å². The molecule has 0 spiro atoms. The lowest BCUT2D eigenvalue weighted by Crippen LogP contribution is -2.18. The lowest BCUT2D eigenvalue weighted by molar-refractivity contribution is -0.116. The van der Waals surface area contributed by atoms with Crippen molar-refractivity contribution in [3.8, 4) is 0 Å². The van der Waals surface area contributed by atoms with E-state index >= 15 is 0 Å². The van der Waals surface area contributed by atoms with Crippen LogP contribution in [0.25, 0.3) is 0 Å². The Morgan fingerprint density at radius 1 is 1.29 bits per heavy atom. The standard InChI is InChI=1S/C19H19ClN2O4S2/c1-12-14(20)3-2-4-15(12)21-19(24)8-10-28(25,26)13-5-6-17-16(11-13)22-18(23)7-9-27-17/h2-6,11H,7-10H2,1H3,(H,21,24)(H,22,23). The van der Waals surface area contributed by atoms with E-state index in [1.807, 2.05) is 0 Å². The molecule has 0 bridgehead atoms. The minimum Gasteiger partial charge on any atom is -0.326 e. The third-order valence-corrected chi connectivity index (χ3v) is 7.51. The van der Waals surface area contributed by atoms with Crippen LogP contribution in [0.15, 0.2) is 46.2 Å². The van der Waals surface area contributed by atoms with Crippen LogP contribution in [0.1, 0.15) is 18.4 Å². The largest absolute Gasteiger partial charge is 0.326 e. The molecule has 2 N–H and O–H groups in total. The molecule has 2 aromatic rings.